The lowest BCUT2D eigenvalue weighted by Gasteiger charge is -2.34. The first-order chi connectivity index (χ1) is 12.1. The Morgan fingerprint density at radius 1 is 1.24 bits per heavy atom. The van der Waals surface area contributed by atoms with E-state index in [-0.39, 0.29) is 18.4 Å². The molecule has 0 aromatic rings. The standard InChI is InChI=1S/C18H29N3O4/c19-13-15(6-9-25-18(20)23)16(12-14-4-2-1-3-5-14)17(22)21-7-10-24-11-8-21/h14-16H,1-12H2,(H2,20,23). The first-order valence-electron chi connectivity index (χ1n) is 9.30. The number of ether oxygens (including phenoxy) is 2. The second-order valence-electron chi connectivity index (χ2n) is 6.98. The summed E-state index contributed by atoms with van der Waals surface area (Å²) in [6, 6.07) is 2.27. The molecular formula is C18H29N3O4. The van der Waals surface area contributed by atoms with Gasteiger partial charge in [0, 0.05) is 13.1 Å². The molecule has 7 nitrogen and oxygen atoms in total. The fourth-order valence-electron chi connectivity index (χ4n) is 3.88. The maximum absolute atomic E-state index is 13.1. The second-order valence-corrected chi connectivity index (χ2v) is 6.98. The molecule has 1 aliphatic heterocycles. The molecule has 2 amide bonds. The summed E-state index contributed by atoms with van der Waals surface area (Å²) in [6.07, 6.45) is 6.15. The number of hydrogen-bond acceptors (Lipinski definition) is 5. The second kappa shape index (κ2) is 10.2. The quantitative estimate of drug-likeness (QED) is 0.755. The smallest absolute Gasteiger partial charge is 0.404 e. The summed E-state index contributed by atoms with van der Waals surface area (Å²) < 4.78 is 10.1. The van der Waals surface area contributed by atoms with Crippen LogP contribution >= 0.6 is 0 Å². The van der Waals surface area contributed by atoms with Crippen molar-refractivity contribution in [3.8, 4) is 6.07 Å². The van der Waals surface area contributed by atoms with Crippen molar-refractivity contribution in [1.29, 1.82) is 5.26 Å². The van der Waals surface area contributed by atoms with E-state index in [1.807, 2.05) is 4.90 Å². The number of morpholine rings is 1. The number of carbonyl (C=O) groups is 2. The van der Waals surface area contributed by atoms with Gasteiger partial charge in [-0.15, -0.1) is 0 Å². The van der Waals surface area contributed by atoms with Crippen LogP contribution in [0.5, 0.6) is 0 Å². The molecule has 25 heavy (non-hydrogen) atoms. The van der Waals surface area contributed by atoms with Crippen LogP contribution in [0.4, 0.5) is 4.79 Å². The van der Waals surface area contributed by atoms with E-state index in [1.54, 1.807) is 0 Å². The molecule has 2 unspecified atom stereocenters. The number of amides is 2. The van der Waals surface area contributed by atoms with Crippen molar-refractivity contribution in [1.82, 2.24) is 4.90 Å². The Bertz CT molecular complexity index is 479. The molecule has 2 rings (SSSR count). The topological polar surface area (TPSA) is 106 Å². The molecule has 0 radical (unpaired) electrons. The Hall–Kier alpha value is -1.81. The summed E-state index contributed by atoms with van der Waals surface area (Å²) >= 11 is 0. The average molecular weight is 351 g/mol. The van der Waals surface area contributed by atoms with Crippen LogP contribution in [0.1, 0.15) is 44.9 Å². The summed E-state index contributed by atoms with van der Waals surface area (Å²) in [5.74, 6) is -0.268. The van der Waals surface area contributed by atoms with E-state index in [2.05, 4.69) is 6.07 Å². The Balaban J connectivity index is 2.03. The zero-order valence-electron chi connectivity index (χ0n) is 14.8. The van der Waals surface area contributed by atoms with Crippen molar-refractivity contribution >= 4 is 12.0 Å². The molecule has 0 bridgehead atoms. The first-order valence-corrected chi connectivity index (χ1v) is 9.30. The SMILES string of the molecule is N#CC(CCOC(N)=O)C(CC1CCCCC1)C(=O)N1CCOCC1. The molecule has 0 aromatic carbocycles. The Labute approximate surface area is 149 Å². The minimum atomic E-state index is -0.847. The highest BCUT2D eigenvalue weighted by Crippen LogP contribution is 2.33. The predicted octanol–water partition coefficient (Wildman–Crippen LogP) is 2.06. The van der Waals surface area contributed by atoms with E-state index >= 15 is 0 Å². The largest absolute Gasteiger partial charge is 0.450 e. The molecule has 2 fully saturated rings. The maximum Gasteiger partial charge on any atom is 0.404 e. The van der Waals surface area contributed by atoms with Gasteiger partial charge in [-0.3, -0.25) is 4.79 Å². The van der Waals surface area contributed by atoms with Crippen LogP contribution in [0.25, 0.3) is 0 Å². The van der Waals surface area contributed by atoms with E-state index in [4.69, 9.17) is 15.2 Å². The molecule has 1 aliphatic carbocycles. The van der Waals surface area contributed by atoms with E-state index in [0.29, 0.717) is 38.6 Å². The molecular weight excluding hydrogens is 322 g/mol. The van der Waals surface area contributed by atoms with Crippen molar-refractivity contribution < 1.29 is 19.1 Å². The van der Waals surface area contributed by atoms with Crippen LogP contribution in [-0.2, 0) is 14.3 Å². The van der Waals surface area contributed by atoms with E-state index in [1.165, 1.54) is 19.3 Å². The Kier molecular flexibility index (Phi) is 7.99. The molecule has 0 aromatic heterocycles. The van der Waals surface area contributed by atoms with Crippen molar-refractivity contribution in [2.45, 2.75) is 44.9 Å². The first kappa shape index (κ1) is 19.5. The van der Waals surface area contributed by atoms with Gasteiger partial charge in [-0.2, -0.15) is 5.26 Å². The van der Waals surface area contributed by atoms with Gasteiger partial charge < -0.3 is 20.1 Å². The summed E-state index contributed by atoms with van der Waals surface area (Å²) in [4.78, 5) is 25.6. The van der Waals surface area contributed by atoms with Gasteiger partial charge in [-0.25, -0.2) is 4.79 Å². The average Bonchev–Trinajstić information content (AvgIpc) is 2.64. The molecule has 1 saturated carbocycles. The van der Waals surface area contributed by atoms with Crippen molar-refractivity contribution in [2.24, 2.45) is 23.5 Å². The minimum Gasteiger partial charge on any atom is -0.450 e. The zero-order valence-corrected chi connectivity index (χ0v) is 14.8. The number of nitrogens with zero attached hydrogens (tertiary/aromatic N) is 2. The van der Waals surface area contributed by atoms with Gasteiger partial charge in [-0.1, -0.05) is 32.1 Å². The highest BCUT2D eigenvalue weighted by atomic mass is 16.5. The number of hydrogen-bond donors (Lipinski definition) is 1. The van der Waals surface area contributed by atoms with Gasteiger partial charge in [-0.05, 0) is 18.8 Å². The van der Waals surface area contributed by atoms with Crippen LogP contribution in [0, 0.1) is 29.1 Å². The highest BCUT2D eigenvalue weighted by molar-refractivity contribution is 5.79. The summed E-state index contributed by atoms with van der Waals surface area (Å²) in [5.41, 5.74) is 4.99. The van der Waals surface area contributed by atoms with Crippen LogP contribution < -0.4 is 5.73 Å². The van der Waals surface area contributed by atoms with Gasteiger partial charge in [0.25, 0.3) is 0 Å². The van der Waals surface area contributed by atoms with Crippen LogP contribution in [-0.4, -0.2) is 49.8 Å². The molecule has 2 atom stereocenters. The zero-order chi connectivity index (χ0) is 18.1. The van der Waals surface area contributed by atoms with Gasteiger partial charge in [0.15, 0.2) is 0 Å². The normalized spacial score (nSPS) is 21.2. The highest BCUT2D eigenvalue weighted by Gasteiger charge is 2.34. The monoisotopic (exact) mass is 351 g/mol. The molecule has 7 heteroatoms. The summed E-state index contributed by atoms with van der Waals surface area (Å²) in [7, 11) is 0. The minimum absolute atomic E-state index is 0.0412. The van der Waals surface area contributed by atoms with Crippen molar-refractivity contribution in [2.75, 3.05) is 32.9 Å². The molecule has 2 aliphatic rings. The van der Waals surface area contributed by atoms with Crippen molar-refractivity contribution in [3.05, 3.63) is 0 Å². The molecule has 1 saturated heterocycles. The third-order valence-electron chi connectivity index (χ3n) is 5.28. The van der Waals surface area contributed by atoms with Crippen LogP contribution in [0.2, 0.25) is 0 Å². The lowest BCUT2D eigenvalue weighted by molar-refractivity contribution is -0.141. The molecule has 140 valence electrons. The number of carbonyl (C=O) groups excluding carboxylic acids is 2. The summed E-state index contributed by atoms with van der Waals surface area (Å²) in [6.45, 7) is 2.32. The van der Waals surface area contributed by atoms with Crippen molar-refractivity contribution in [3.63, 3.8) is 0 Å². The van der Waals surface area contributed by atoms with Gasteiger partial charge >= 0.3 is 6.09 Å². The molecule has 2 N–H and O–H groups in total. The Morgan fingerprint density at radius 3 is 2.52 bits per heavy atom. The third-order valence-corrected chi connectivity index (χ3v) is 5.28. The third kappa shape index (κ3) is 6.20. The number of primary amides is 1. The maximum atomic E-state index is 13.1. The van der Waals surface area contributed by atoms with E-state index < -0.39 is 12.0 Å². The summed E-state index contributed by atoms with van der Waals surface area (Å²) in [5, 5.41) is 9.62. The van der Waals surface area contributed by atoms with Crippen LogP contribution in [0.3, 0.4) is 0 Å². The lowest BCUT2D eigenvalue weighted by atomic mass is 9.77. The lowest BCUT2D eigenvalue weighted by Crippen LogP contribution is -2.46. The van der Waals surface area contributed by atoms with Gasteiger partial charge in [0.05, 0.1) is 37.7 Å². The fraction of sp³-hybridized carbons (Fsp3) is 0.833. The number of rotatable bonds is 7. The van der Waals surface area contributed by atoms with E-state index in [0.717, 1.165) is 19.3 Å². The predicted molar refractivity (Wildman–Crippen MR) is 91.3 cm³/mol. The van der Waals surface area contributed by atoms with Gasteiger partial charge in [0.2, 0.25) is 5.91 Å². The molecule has 1 heterocycles. The number of nitrogens with two attached hydrogens (primary N) is 1. The number of nitriles is 1. The Morgan fingerprint density at radius 2 is 1.92 bits per heavy atom. The van der Waals surface area contributed by atoms with E-state index in [9.17, 15) is 14.9 Å². The fourth-order valence-corrected chi connectivity index (χ4v) is 3.88. The van der Waals surface area contributed by atoms with Gasteiger partial charge in [0.1, 0.15) is 0 Å². The van der Waals surface area contributed by atoms with Crippen LogP contribution in [0.15, 0.2) is 0 Å². The molecule has 0 spiro atoms.